The van der Waals surface area contributed by atoms with Crippen LogP contribution < -0.4 is 5.32 Å². The molecule has 110 valence electrons. The van der Waals surface area contributed by atoms with Gasteiger partial charge >= 0.3 is 0 Å². The molecule has 0 rings (SSSR count). The van der Waals surface area contributed by atoms with Gasteiger partial charge in [-0.1, -0.05) is 27.7 Å². The Morgan fingerprint density at radius 1 is 1.11 bits per heavy atom. The monoisotopic (exact) mass is 279 g/mol. The van der Waals surface area contributed by atoms with Crippen molar-refractivity contribution in [1.29, 1.82) is 0 Å². The Balaban J connectivity index is 4.34. The molecule has 0 aromatic carbocycles. The molecule has 0 bridgehead atoms. The van der Waals surface area contributed by atoms with E-state index in [1.165, 1.54) is 8.61 Å². The van der Waals surface area contributed by atoms with Crippen molar-refractivity contribution in [2.24, 2.45) is 5.41 Å². The molecule has 0 saturated heterocycles. The van der Waals surface area contributed by atoms with Crippen LogP contribution in [0.15, 0.2) is 0 Å². The van der Waals surface area contributed by atoms with Gasteiger partial charge in [-0.2, -0.15) is 17.0 Å². The van der Waals surface area contributed by atoms with Crippen LogP contribution >= 0.6 is 0 Å². The van der Waals surface area contributed by atoms with Gasteiger partial charge in [0.1, 0.15) is 0 Å². The van der Waals surface area contributed by atoms with Crippen molar-refractivity contribution in [3.05, 3.63) is 0 Å². The zero-order chi connectivity index (χ0) is 14.4. The molecule has 0 fully saturated rings. The summed E-state index contributed by atoms with van der Waals surface area (Å²) in [5.41, 5.74) is -0.0353. The molecule has 18 heavy (non-hydrogen) atoms. The first kappa shape index (κ1) is 17.8. The molecule has 0 aliphatic heterocycles. The Labute approximate surface area is 113 Å². The summed E-state index contributed by atoms with van der Waals surface area (Å²) < 4.78 is 27.3. The van der Waals surface area contributed by atoms with Crippen LogP contribution in [0, 0.1) is 5.41 Å². The fourth-order valence-electron chi connectivity index (χ4n) is 1.71. The van der Waals surface area contributed by atoms with Crippen molar-refractivity contribution in [2.45, 2.75) is 34.1 Å². The molecule has 1 N–H and O–H groups in total. The lowest BCUT2D eigenvalue weighted by molar-refractivity contribution is 0.293. The molecule has 5 nitrogen and oxygen atoms in total. The molecule has 6 heteroatoms. The predicted octanol–water partition coefficient (Wildman–Crippen LogP) is 1.14. The summed E-state index contributed by atoms with van der Waals surface area (Å²) >= 11 is 0. The molecule has 0 unspecified atom stereocenters. The molecule has 0 saturated carbocycles. The summed E-state index contributed by atoms with van der Waals surface area (Å²) in [7, 11) is -0.0409. The van der Waals surface area contributed by atoms with Crippen LogP contribution in [0.2, 0.25) is 0 Å². The quantitative estimate of drug-likeness (QED) is 0.678. The van der Waals surface area contributed by atoms with Crippen LogP contribution in [-0.4, -0.2) is 57.3 Å². The van der Waals surface area contributed by atoms with Crippen molar-refractivity contribution in [2.75, 3.05) is 40.3 Å². The summed E-state index contributed by atoms with van der Waals surface area (Å²) in [4.78, 5) is 0. The number of hydrogen-bond donors (Lipinski definition) is 1. The zero-order valence-corrected chi connectivity index (χ0v) is 13.5. The summed E-state index contributed by atoms with van der Waals surface area (Å²) in [6.45, 7) is 11.0. The van der Waals surface area contributed by atoms with Crippen molar-refractivity contribution in [1.82, 2.24) is 13.9 Å². The van der Waals surface area contributed by atoms with E-state index >= 15 is 0 Å². The fraction of sp³-hybridized carbons (Fsp3) is 1.00. The average molecular weight is 279 g/mol. The van der Waals surface area contributed by atoms with Gasteiger partial charge in [-0.15, -0.1) is 0 Å². The van der Waals surface area contributed by atoms with E-state index in [2.05, 4.69) is 5.32 Å². The maximum absolute atomic E-state index is 12.2. The summed E-state index contributed by atoms with van der Waals surface area (Å²) in [6, 6.07) is 0. The largest absolute Gasteiger partial charge is 0.317 e. The normalized spacial score (nSPS) is 13.6. The third-order valence-corrected chi connectivity index (χ3v) is 4.45. The predicted molar refractivity (Wildman–Crippen MR) is 76.8 cm³/mol. The van der Waals surface area contributed by atoms with E-state index in [4.69, 9.17) is 0 Å². The molecule has 0 aliphatic rings. The summed E-state index contributed by atoms with van der Waals surface area (Å²) in [6.07, 6.45) is 0.826. The molecule has 0 aliphatic carbocycles. The van der Waals surface area contributed by atoms with Crippen LogP contribution in [0.5, 0.6) is 0 Å². The van der Waals surface area contributed by atoms with Crippen LogP contribution in [0.3, 0.4) is 0 Å². The van der Waals surface area contributed by atoms with E-state index in [-0.39, 0.29) is 5.41 Å². The van der Waals surface area contributed by atoms with Gasteiger partial charge in [0.05, 0.1) is 0 Å². The Morgan fingerprint density at radius 2 is 1.67 bits per heavy atom. The fourth-order valence-corrected chi connectivity index (χ4v) is 3.09. The Hall–Kier alpha value is -0.170. The van der Waals surface area contributed by atoms with Gasteiger partial charge in [0.15, 0.2) is 0 Å². The van der Waals surface area contributed by atoms with Gasteiger partial charge < -0.3 is 5.32 Å². The highest BCUT2D eigenvalue weighted by molar-refractivity contribution is 7.86. The second-order valence-corrected chi connectivity index (χ2v) is 8.00. The number of rotatable bonds is 8. The van der Waals surface area contributed by atoms with Crippen LogP contribution in [0.4, 0.5) is 0 Å². The van der Waals surface area contributed by atoms with E-state index in [0.717, 1.165) is 19.5 Å². The number of hydrogen-bond acceptors (Lipinski definition) is 3. The van der Waals surface area contributed by atoms with E-state index in [0.29, 0.717) is 13.1 Å². The highest BCUT2D eigenvalue weighted by Gasteiger charge is 2.26. The van der Waals surface area contributed by atoms with Gasteiger partial charge in [-0.3, -0.25) is 0 Å². The maximum Gasteiger partial charge on any atom is 0.281 e. The van der Waals surface area contributed by atoms with Gasteiger partial charge in [0.25, 0.3) is 10.2 Å². The number of nitrogens with one attached hydrogen (secondary N) is 1. The Morgan fingerprint density at radius 3 is 2.11 bits per heavy atom. The molecular formula is C12H29N3O2S. The zero-order valence-electron chi connectivity index (χ0n) is 12.7. The highest BCUT2D eigenvalue weighted by atomic mass is 32.2. The standard InChI is InChI=1S/C12H29N3O2S/c1-7-13-9-8-10-14(5)18(16,17)15(6)11-12(2,3)4/h13H,7-11H2,1-6H3. The molecule has 0 atom stereocenters. The van der Waals surface area contributed by atoms with Gasteiger partial charge in [0.2, 0.25) is 0 Å². The molecule has 0 heterocycles. The van der Waals surface area contributed by atoms with Crippen molar-refractivity contribution < 1.29 is 8.42 Å². The molecule has 0 amide bonds. The van der Waals surface area contributed by atoms with Gasteiger partial charge in [0, 0.05) is 27.2 Å². The second-order valence-electron chi connectivity index (χ2n) is 5.85. The lowest BCUT2D eigenvalue weighted by atomic mass is 9.97. The van der Waals surface area contributed by atoms with Crippen LogP contribution in [0.25, 0.3) is 0 Å². The molecule has 0 radical (unpaired) electrons. The van der Waals surface area contributed by atoms with E-state index in [1.807, 2.05) is 27.7 Å². The maximum atomic E-state index is 12.2. The SMILES string of the molecule is CCNCCCN(C)S(=O)(=O)N(C)CC(C)(C)C. The third-order valence-electron chi connectivity index (χ3n) is 2.56. The Kier molecular flexibility index (Phi) is 7.36. The molecule has 0 aromatic rings. The first-order chi connectivity index (χ1) is 8.11. The van der Waals surface area contributed by atoms with E-state index in [1.54, 1.807) is 14.1 Å². The summed E-state index contributed by atoms with van der Waals surface area (Å²) in [5.74, 6) is 0. The topological polar surface area (TPSA) is 52.7 Å². The van der Waals surface area contributed by atoms with E-state index in [9.17, 15) is 8.42 Å². The third kappa shape index (κ3) is 6.68. The second kappa shape index (κ2) is 7.43. The van der Waals surface area contributed by atoms with E-state index < -0.39 is 10.2 Å². The molecule has 0 aromatic heterocycles. The number of nitrogens with zero attached hydrogens (tertiary/aromatic N) is 2. The minimum atomic E-state index is -3.32. The molecule has 0 spiro atoms. The highest BCUT2D eigenvalue weighted by Crippen LogP contribution is 2.17. The van der Waals surface area contributed by atoms with Crippen molar-refractivity contribution in [3.8, 4) is 0 Å². The smallest absolute Gasteiger partial charge is 0.281 e. The lowest BCUT2D eigenvalue weighted by Gasteiger charge is -2.29. The first-order valence-electron chi connectivity index (χ1n) is 6.49. The minimum absolute atomic E-state index is 0.0353. The van der Waals surface area contributed by atoms with Crippen LogP contribution in [-0.2, 0) is 10.2 Å². The average Bonchev–Trinajstić information content (AvgIpc) is 2.21. The van der Waals surface area contributed by atoms with Gasteiger partial charge in [-0.25, -0.2) is 0 Å². The van der Waals surface area contributed by atoms with Crippen molar-refractivity contribution >= 4 is 10.2 Å². The summed E-state index contributed by atoms with van der Waals surface area (Å²) in [5, 5.41) is 3.19. The first-order valence-corrected chi connectivity index (χ1v) is 7.89. The minimum Gasteiger partial charge on any atom is -0.317 e. The Bertz CT molecular complexity index is 323. The molecular weight excluding hydrogens is 250 g/mol. The van der Waals surface area contributed by atoms with Crippen LogP contribution in [0.1, 0.15) is 34.1 Å². The lowest BCUT2D eigenvalue weighted by Crippen LogP contribution is -2.43. The van der Waals surface area contributed by atoms with Crippen molar-refractivity contribution in [3.63, 3.8) is 0 Å². The van der Waals surface area contributed by atoms with Gasteiger partial charge in [-0.05, 0) is 24.9 Å².